The molecule has 0 aliphatic heterocycles. The second kappa shape index (κ2) is 5.58. The molecule has 0 saturated carbocycles. The lowest BCUT2D eigenvalue weighted by Crippen LogP contribution is -2.07. The van der Waals surface area contributed by atoms with Gasteiger partial charge < -0.3 is 0 Å². The molecule has 0 amide bonds. The topological polar surface area (TPSA) is 70.8 Å². The maximum absolute atomic E-state index is 13.2. The number of rotatable bonds is 3. The Bertz CT molecular complexity index is 822. The second-order valence-electron chi connectivity index (χ2n) is 4.24. The lowest BCUT2D eigenvalue weighted by atomic mass is 10.1. The molecule has 0 fully saturated rings. The summed E-state index contributed by atoms with van der Waals surface area (Å²) in [5.74, 6) is -1.77. The van der Waals surface area contributed by atoms with E-state index in [9.17, 15) is 17.2 Å². The molecular formula is C14H10F2N2O2S. The van der Waals surface area contributed by atoms with Crippen molar-refractivity contribution in [2.75, 3.05) is 5.75 Å². The van der Waals surface area contributed by atoms with E-state index in [4.69, 9.17) is 5.26 Å². The summed E-state index contributed by atoms with van der Waals surface area (Å²) in [6, 6.07) is 5.75. The first-order valence-corrected chi connectivity index (χ1v) is 7.62. The van der Waals surface area contributed by atoms with Crippen LogP contribution in [-0.2, 0) is 9.84 Å². The molecule has 0 aliphatic carbocycles. The quantitative estimate of drug-likeness (QED) is 0.874. The zero-order chi connectivity index (χ0) is 15.6. The number of aromatic nitrogens is 1. The molecule has 0 N–H and O–H groups in total. The third kappa shape index (κ3) is 3.06. The third-order valence-corrected chi connectivity index (χ3v) is 4.61. The van der Waals surface area contributed by atoms with Crippen LogP contribution >= 0.6 is 0 Å². The van der Waals surface area contributed by atoms with Gasteiger partial charge >= 0.3 is 0 Å². The summed E-state index contributed by atoms with van der Waals surface area (Å²) < 4.78 is 50.4. The van der Waals surface area contributed by atoms with Crippen molar-refractivity contribution in [2.24, 2.45) is 0 Å². The highest BCUT2D eigenvalue weighted by molar-refractivity contribution is 7.91. The Hall–Kier alpha value is -2.33. The van der Waals surface area contributed by atoms with Crippen molar-refractivity contribution in [1.29, 1.82) is 5.26 Å². The molecule has 108 valence electrons. The number of hydrogen-bond acceptors (Lipinski definition) is 4. The maximum Gasteiger partial charge on any atom is 0.181 e. The fraction of sp³-hybridized carbons (Fsp3) is 0.143. The molecule has 0 radical (unpaired) electrons. The Kier molecular flexibility index (Phi) is 4.00. The van der Waals surface area contributed by atoms with Crippen molar-refractivity contribution < 1.29 is 17.2 Å². The van der Waals surface area contributed by atoms with E-state index in [1.165, 1.54) is 19.2 Å². The molecule has 4 nitrogen and oxygen atoms in total. The van der Waals surface area contributed by atoms with Crippen LogP contribution in [0.25, 0.3) is 11.1 Å². The van der Waals surface area contributed by atoms with Gasteiger partial charge in [-0.05, 0) is 23.8 Å². The van der Waals surface area contributed by atoms with Crippen molar-refractivity contribution in [3.8, 4) is 17.2 Å². The van der Waals surface area contributed by atoms with Crippen molar-refractivity contribution in [3.05, 3.63) is 47.8 Å². The van der Waals surface area contributed by atoms with Crippen LogP contribution in [0.4, 0.5) is 8.78 Å². The minimum Gasteiger partial charge on any atom is -0.244 e. The molecule has 7 heteroatoms. The highest BCUT2D eigenvalue weighted by Crippen LogP contribution is 2.25. The van der Waals surface area contributed by atoms with Gasteiger partial charge in [0.25, 0.3) is 0 Å². The molecule has 1 aromatic carbocycles. The second-order valence-corrected chi connectivity index (χ2v) is 6.49. The molecule has 0 atom stereocenters. The SMILES string of the molecule is CCS(=O)(=O)c1cc(-c2cc(F)cc(F)c2)cnc1C#N. The number of nitrogens with zero attached hydrogens (tertiary/aromatic N) is 2. The van der Waals surface area contributed by atoms with Crippen LogP contribution in [0.5, 0.6) is 0 Å². The summed E-state index contributed by atoms with van der Waals surface area (Å²) in [6.45, 7) is 1.44. The maximum atomic E-state index is 13.2. The van der Waals surface area contributed by atoms with E-state index in [-0.39, 0.29) is 27.5 Å². The Morgan fingerprint density at radius 1 is 1.14 bits per heavy atom. The molecule has 2 aromatic rings. The highest BCUT2D eigenvalue weighted by atomic mass is 32.2. The van der Waals surface area contributed by atoms with Gasteiger partial charge in [-0.2, -0.15) is 5.26 Å². The van der Waals surface area contributed by atoms with Gasteiger partial charge in [-0.1, -0.05) is 6.92 Å². The number of sulfone groups is 1. The minimum absolute atomic E-state index is 0.150. The molecule has 1 aromatic heterocycles. The first-order valence-electron chi connectivity index (χ1n) is 5.96. The summed E-state index contributed by atoms with van der Waals surface area (Å²) >= 11 is 0. The van der Waals surface area contributed by atoms with E-state index in [1.807, 2.05) is 0 Å². The molecular weight excluding hydrogens is 298 g/mol. The van der Waals surface area contributed by atoms with Gasteiger partial charge in [0.15, 0.2) is 15.5 Å². The molecule has 2 rings (SSSR count). The lowest BCUT2D eigenvalue weighted by molar-refractivity contribution is 0.584. The van der Waals surface area contributed by atoms with Crippen LogP contribution in [-0.4, -0.2) is 19.2 Å². The van der Waals surface area contributed by atoms with Crippen LogP contribution in [0.1, 0.15) is 12.6 Å². The Balaban J connectivity index is 2.68. The zero-order valence-corrected chi connectivity index (χ0v) is 11.8. The summed E-state index contributed by atoms with van der Waals surface area (Å²) in [4.78, 5) is 3.52. The van der Waals surface area contributed by atoms with Crippen LogP contribution < -0.4 is 0 Å². The van der Waals surface area contributed by atoms with Gasteiger partial charge in [-0.15, -0.1) is 0 Å². The predicted octanol–water partition coefficient (Wildman–Crippen LogP) is 2.69. The Labute approximate surface area is 120 Å². The van der Waals surface area contributed by atoms with Gasteiger partial charge in [-0.3, -0.25) is 0 Å². The van der Waals surface area contributed by atoms with Crippen LogP contribution in [0.3, 0.4) is 0 Å². The number of halogens is 2. The monoisotopic (exact) mass is 308 g/mol. The first-order chi connectivity index (χ1) is 9.87. The van der Waals surface area contributed by atoms with Gasteiger partial charge in [-0.25, -0.2) is 22.2 Å². The Morgan fingerprint density at radius 3 is 2.29 bits per heavy atom. The van der Waals surface area contributed by atoms with Crippen molar-refractivity contribution in [3.63, 3.8) is 0 Å². The van der Waals surface area contributed by atoms with Crippen molar-refractivity contribution >= 4 is 9.84 Å². The number of pyridine rings is 1. The van der Waals surface area contributed by atoms with E-state index in [2.05, 4.69) is 4.98 Å². The van der Waals surface area contributed by atoms with Gasteiger partial charge in [0.05, 0.1) is 5.75 Å². The van der Waals surface area contributed by atoms with Gasteiger partial charge in [0.1, 0.15) is 22.6 Å². The minimum atomic E-state index is -3.66. The van der Waals surface area contributed by atoms with E-state index >= 15 is 0 Å². The summed E-state index contributed by atoms with van der Waals surface area (Å²) in [6.07, 6.45) is 1.21. The fourth-order valence-electron chi connectivity index (χ4n) is 1.80. The van der Waals surface area contributed by atoms with Gasteiger partial charge in [0.2, 0.25) is 0 Å². The molecule has 0 bridgehead atoms. The molecule has 0 saturated heterocycles. The van der Waals surface area contributed by atoms with Gasteiger partial charge in [0, 0.05) is 17.8 Å². The standard InChI is InChI=1S/C14H10F2N2O2S/c1-2-21(19,20)14-5-10(8-18-13(14)7-17)9-3-11(15)6-12(16)4-9/h3-6,8H,2H2,1H3. The molecule has 21 heavy (non-hydrogen) atoms. The van der Waals surface area contributed by atoms with Crippen LogP contribution in [0, 0.1) is 23.0 Å². The first kappa shape index (κ1) is 15.1. The summed E-state index contributed by atoms with van der Waals surface area (Å²) in [5.41, 5.74) is 0.133. The van der Waals surface area contributed by atoms with E-state index < -0.39 is 21.5 Å². The zero-order valence-electron chi connectivity index (χ0n) is 11.0. The molecule has 0 spiro atoms. The van der Waals surface area contributed by atoms with E-state index in [1.54, 1.807) is 6.07 Å². The molecule has 1 heterocycles. The number of hydrogen-bond donors (Lipinski definition) is 0. The fourth-order valence-corrected chi connectivity index (χ4v) is 2.81. The Morgan fingerprint density at radius 2 is 1.76 bits per heavy atom. The van der Waals surface area contributed by atoms with E-state index in [0.717, 1.165) is 12.1 Å². The molecule has 0 unspecified atom stereocenters. The van der Waals surface area contributed by atoms with Crippen LogP contribution in [0.15, 0.2) is 35.4 Å². The molecule has 0 aliphatic rings. The largest absolute Gasteiger partial charge is 0.244 e. The highest BCUT2D eigenvalue weighted by Gasteiger charge is 2.19. The number of benzene rings is 1. The summed E-state index contributed by atoms with van der Waals surface area (Å²) in [7, 11) is -3.66. The van der Waals surface area contributed by atoms with Crippen LogP contribution in [0.2, 0.25) is 0 Å². The van der Waals surface area contributed by atoms with Crippen molar-refractivity contribution in [1.82, 2.24) is 4.98 Å². The summed E-state index contributed by atoms with van der Waals surface area (Å²) in [5, 5.41) is 8.93. The van der Waals surface area contributed by atoms with E-state index in [0.29, 0.717) is 6.07 Å². The average Bonchev–Trinajstić information content (AvgIpc) is 2.45. The normalized spacial score (nSPS) is 11.1. The number of nitriles is 1. The average molecular weight is 308 g/mol. The predicted molar refractivity (Wildman–Crippen MR) is 72.0 cm³/mol. The smallest absolute Gasteiger partial charge is 0.181 e. The lowest BCUT2D eigenvalue weighted by Gasteiger charge is -2.07. The third-order valence-electron chi connectivity index (χ3n) is 2.87. The van der Waals surface area contributed by atoms with Crippen molar-refractivity contribution in [2.45, 2.75) is 11.8 Å².